The molecule has 1 aromatic rings. The SMILES string of the molecule is CC(=NC1CCCCC1)C(=CN)C(=O)Nc1ccc(OCC(C)(C)C)c(C#N)c1. The van der Waals surface area contributed by atoms with Crippen LogP contribution in [0, 0.1) is 16.7 Å². The maximum Gasteiger partial charge on any atom is 0.258 e. The molecule has 0 spiro atoms. The predicted molar refractivity (Wildman–Crippen MR) is 117 cm³/mol. The van der Waals surface area contributed by atoms with Gasteiger partial charge in [-0.3, -0.25) is 9.79 Å². The van der Waals surface area contributed by atoms with Crippen LogP contribution in [0.5, 0.6) is 5.75 Å². The second kappa shape index (κ2) is 10.1. The summed E-state index contributed by atoms with van der Waals surface area (Å²) < 4.78 is 5.76. The van der Waals surface area contributed by atoms with Crippen molar-refractivity contribution in [2.24, 2.45) is 16.1 Å². The molecule has 1 amide bonds. The molecular weight excluding hydrogens is 364 g/mol. The van der Waals surface area contributed by atoms with E-state index in [0.29, 0.717) is 34.9 Å². The molecule has 1 saturated carbocycles. The Bertz CT molecular complexity index is 822. The monoisotopic (exact) mass is 396 g/mol. The summed E-state index contributed by atoms with van der Waals surface area (Å²) in [6, 6.07) is 7.42. The van der Waals surface area contributed by atoms with E-state index in [-0.39, 0.29) is 17.4 Å². The smallest absolute Gasteiger partial charge is 0.258 e. The molecule has 156 valence electrons. The Morgan fingerprint density at radius 1 is 1.34 bits per heavy atom. The summed E-state index contributed by atoms with van der Waals surface area (Å²) >= 11 is 0. The Morgan fingerprint density at radius 3 is 2.62 bits per heavy atom. The van der Waals surface area contributed by atoms with E-state index in [1.54, 1.807) is 18.2 Å². The minimum atomic E-state index is -0.336. The molecule has 3 N–H and O–H groups in total. The van der Waals surface area contributed by atoms with Crippen molar-refractivity contribution in [3.8, 4) is 11.8 Å². The van der Waals surface area contributed by atoms with Crippen molar-refractivity contribution in [1.29, 1.82) is 5.26 Å². The molecule has 0 unspecified atom stereocenters. The van der Waals surface area contributed by atoms with Crippen LogP contribution in [0.4, 0.5) is 5.69 Å². The van der Waals surface area contributed by atoms with Gasteiger partial charge in [-0.2, -0.15) is 5.26 Å². The summed E-state index contributed by atoms with van der Waals surface area (Å²) in [5.74, 6) is 0.168. The fraction of sp³-hybridized carbons (Fsp3) is 0.522. The summed E-state index contributed by atoms with van der Waals surface area (Å²) in [7, 11) is 0. The third-order valence-electron chi connectivity index (χ3n) is 4.77. The zero-order valence-electron chi connectivity index (χ0n) is 17.9. The number of carbonyl (C=O) groups excluding carboxylic acids is 1. The van der Waals surface area contributed by atoms with Gasteiger partial charge in [0.1, 0.15) is 11.8 Å². The quantitative estimate of drug-likeness (QED) is 0.544. The second-order valence-electron chi connectivity index (χ2n) is 8.71. The molecule has 1 fully saturated rings. The minimum absolute atomic E-state index is 0.0182. The van der Waals surface area contributed by atoms with Gasteiger partial charge in [-0.05, 0) is 43.4 Å². The number of rotatable bonds is 6. The second-order valence-corrected chi connectivity index (χ2v) is 8.71. The number of anilines is 1. The third-order valence-corrected chi connectivity index (χ3v) is 4.77. The number of ether oxygens (including phenoxy) is 1. The highest BCUT2D eigenvalue weighted by atomic mass is 16.5. The first-order chi connectivity index (χ1) is 13.7. The molecule has 1 aromatic carbocycles. The van der Waals surface area contributed by atoms with Gasteiger partial charge in [0.25, 0.3) is 5.91 Å². The maximum absolute atomic E-state index is 12.7. The van der Waals surface area contributed by atoms with E-state index in [2.05, 4.69) is 32.2 Å². The normalized spacial score (nSPS) is 16.2. The molecule has 0 bridgehead atoms. The summed E-state index contributed by atoms with van der Waals surface area (Å²) in [4.78, 5) is 17.4. The van der Waals surface area contributed by atoms with Crippen LogP contribution < -0.4 is 15.8 Å². The Hall–Kier alpha value is -2.81. The zero-order valence-corrected chi connectivity index (χ0v) is 17.9. The van der Waals surface area contributed by atoms with Crippen LogP contribution in [0.25, 0.3) is 0 Å². The summed E-state index contributed by atoms with van der Waals surface area (Å²) in [6.45, 7) is 8.49. The standard InChI is InChI=1S/C23H32N4O2/c1-16(26-18-8-6-5-7-9-18)20(14-25)22(28)27-19-10-11-21(17(12-19)13-24)29-15-23(2,3)4/h10-12,14,18H,5-9,15,25H2,1-4H3,(H,27,28). The van der Waals surface area contributed by atoms with Crippen molar-refractivity contribution < 1.29 is 9.53 Å². The summed E-state index contributed by atoms with van der Waals surface area (Å²) in [6.07, 6.45) is 7.01. The van der Waals surface area contributed by atoms with Gasteiger partial charge in [0, 0.05) is 17.6 Å². The molecule has 0 aliphatic heterocycles. The van der Waals surface area contributed by atoms with E-state index in [1.165, 1.54) is 25.5 Å². The third kappa shape index (κ3) is 6.94. The van der Waals surface area contributed by atoms with Crippen LogP contribution in [0.1, 0.15) is 65.4 Å². The number of hydrogen-bond acceptors (Lipinski definition) is 5. The first-order valence-electron chi connectivity index (χ1n) is 10.2. The van der Waals surface area contributed by atoms with Crippen molar-refractivity contribution in [1.82, 2.24) is 0 Å². The Kier molecular flexibility index (Phi) is 7.83. The Labute approximate surface area is 173 Å². The number of nitriles is 1. The van der Waals surface area contributed by atoms with Gasteiger partial charge >= 0.3 is 0 Å². The van der Waals surface area contributed by atoms with E-state index in [4.69, 9.17) is 15.5 Å². The van der Waals surface area contributed by atoms with Gasteiger partial charge in [0.15, 0.2) is 0 Å². The van der Waals surface area contributed by atoms with Crippen LogP contribution in [0.2, 0.25) is 0 Å². The lowest BCUT2D eigenvalue weighted by Gasteiger charge is -2.20. The van der Waals surface area contributed by atoms with E-state index in [1.807, 2.05) is 6.92 Å². The number of aliphatic imine (C=N–C) groups is 1. The van der Waals surface area contributed by atoms with Gasteiger partial charge in [-0.25, -0.2) is 0 Å². The predicted octanol–water partition coefficient (Wildman–Crippen LogP) is 4.56. The average Bonchev–Trinajstić information content (AvgIpc) is 2.67. The molecule has 2 rings (SSSR count). The van der Waals surface area contributed by atoms with E-state index < -0.39 is 0 Å². The van der Waals surface area contributed by atoms with Crippen molar-refractivity contribution in [2.45, 2.75) is 65.8 Å². The van der Waals surface area contributed by atoms with Gasteiger partial charge in [-0.15, -0.1) is 0 Å². The van der Waals surface area contributed by atoms with Crippen LogP contribution in [0.15, 0.2) is 35.0 Å². The van der Waals surface area contributed by atoms with Gasteiger partial charge < -0.3 is 15.8 Å². The Balaban J connectivity index is 2.10. The van der Waals surface area contributed by atoms with Crippen molar-refractivity contribution in [2.75, 3.05) is 11.9 Å². The fourth-order valence-electron chi connectivity index (χ4n) is 3.23. The fourth-order valence-corrected chi connectivity index (χ4v) is 3.23. The number of nitrogens with one attached hydrogen (secondary N) is 1. The van der Waals surface area contributed by atoms with Crippen LogP contribution >= 0.6 is 0 Å². The van der Waals surface area contributed by atoms with E-state index in [0.717, 1.165) is 12.8 Å². The van der Waals surface area contributed by atoms with Crippen LogP contribution in [-0.4, -0.2) is 24.3 Å². The summed E-state index contributed by atoms with van der Waals surface area (Å²) in [5.41, 5.74) is 7.58. The Morgan fingerprint density at radius 2 is 2.03 bits per heavy atom. The van der Waals surface area contributed by atoms with Crippen LogP contribution in [0.3, 0.4) is 0 Å². The molecule has 1 aliphatic rings. The highest BCUT2D eigenvalue weighted by molar-refractivity contribution is 6.24. The molecule has 29 heavy (non-hydrogen) atoms. The molecule has 0 atom stereocenters. The number of hydrogen-bond donors (Lipinski definition) is 2. The highest BCUT2D eigenvalue weighted by Crippen LogP contribution is 2.25. The molecular formula is C23H32N4O2. The minimum Gasteiger partial charge on any atom is -0.492 e. The zero-order chi connectivity index (χ0) is 21.4. The average molecular weight is 397 g/mol. The van der Waals surface area contributed by atoms with E-state index in [9.17, 15) is 10.1 Å². The van der Waals surface area contributed by atoms with E-state index >= 15 is 0 Å². The number of nitrogens with zero attached hydrogens (tertiary/aromatic N) is 2. The van der Waals surface area contributed by atoms with Crippen LogP contribution in [-0.2, 0) is 4.79 Å². The van der Waals surface area contributed by atoms with Crippen molar-refractivity contribution in [3.63, 3.8) is 0 Å². The molecule has 6 heteroatoms. The lowest BCUT2D eigenvalue weighted by molar-refractivity contribution is -0.112. The van der Waals surface area contributed by atoms with Gasteiger partial charge in [0.2, 0.25) is 0 Å². The molecule has 0 saturated heterocycles. The topological polar surface area (TPSA) is 100 Å². The molecule has 0 heterocycles. The van der Waals surface area contributed by atoms with Crippen molar-refractivity contribution >= 4 is 17.3 Å². The molecule has 0 radical (unpaired) electrons. The van der Waals surface area contributed by atoms with Gasteiger partial charge in [-0.1, -0.05) is 40.0 Å². The first-order valence-corrected chi connectivity index (χ1v) is 10.2. The number of nitrogens with two attached hydrogens (primary N) is 1. The van der Waals surface area contributed by atoms with Crippen molar-refractivity contribution in [3.05, 3.63) is 35.5 Å². The number of benzene rings is 1. The molecule has 6 nitrogen and oxygen atoms in total. The van der Waals surface area contributed by atoms with Gasteiger partial charge in [0.05, 0.1) is 23.8 Å². The maximum atomic E-state index is 12.7. The molecule has 1 aliphatic carbocycles. The largest absolute Gasteiger partial charge is 0.492 e. The first kappa shape index (κ1) is 22.5. The highest BCUT2D eigenvalue weighted by Gasteiger charge is 2.18. The number of carbonyl (C=O) groups is 1. The number of amides is 1. The summed E-state index contributed by atoms with van der Waals surface area (Å²) in [5, 5.41) is 12.2. The molecule has 0 aromatic heterocycles. The lowest BCUT2D eigenvalue weighted by Crippen LogP contribution is -2.22. The lowest BCUT2D eigenvalue weighted by atomic mass is 9.95.